The molecule has 0 radical (unpaired) electrons. The number of hydrogen-bond acceptors (Lipinski definition) is 3. The van der Waals surface area contributed by atoms with Crippen LogP contribution in [0.3, 0.4) is 0 Å². The van der Waals surface area contributed by atoms with E-state index in [1.165, 1.54) is 0 Å². The number of amides is 1. The standard InChI is InChI=1S/C14H14N4O/c1-9-12(5-4-11-6-17-18(3)8-11)7-16-10(2)13(9)14(15)19/h6-8H,1-3H3,(H2,15,19). The van der Waals surface area contributed by atoms with Gasteiger partial charge in [-0.1, -0.05) is 11.8 Å². The Bertz CT molecular complexity index is 704. The Hall–Kier alpha value is -2.61. The molecule has 0 bridgehead atoms. The normalized spacial score (nSPS) is 9.84. The molecule has 2 aromatic heterocycles. The third-order valence-corrected chi connectivity index (χ3v) is 2.82. The summed E-state index contributed by atoms with van der Waals surface area (Å²) in [6.07, 6.45) is 5.15. The molecule has 5 nitrogen and oxygen atoms in total. The van der Waals surface area contributed by atoms with E-state index in [9.17, 15) is 4.79 Å². The molecular weight excluding hydrogens is 240 g/mol. The number of nitrogens with two attached hydrogens (primary N) is 1. The van der Waals surface area contributed by atoms with Crippen molar-refractivity contribution in [3.63, 3.8) is 0 Å². The first-order valence-corrected chi connectivity index (χ1v) is 5.75. The van der Waals surface area contributed by atoms with Crippen molar-refractivity contribution in [3.05, 3.63) is 46.5 Å². The lowest BCUT2D eigenvalue weighted by Crippen LogP contribution is -2.16. The predicted molar refractivity (Wildman–Crippen MR) is 71.4 cm³/mol. The van der Waals surface area contributed by atoms with E-state index in [2.05, 4.69) is 21.9 Å². The van der Waals surface area contributed by atoms with Crippen molar-refractivity contribution in [1.82, 2.24) is 14.8 Å². The number of aryl methyl sites for hydroxylation is 2. The van der Waals surface area contributed by atoms with Gasteiger partial charge in [0.1, 0.15) is 0 Å². The maximum absolute atomic E-state index is 11.4. The summed E-state index contributed by atoms with van der Waals surface area (Å²) in [6.45, 7) is 3.58. The molecule has 2 aromatic rings. The Kier molecular flexibility index (Phi) is 3.34. The van der Waals surface area contributed by atoms with Crippen molar-refractivity contribution in [3.8, 4) is 11.8 Å². The van der Waals surface area contributed by atoms with Crippen molar-refractivity contribution in [2.75, 3.05) is 0 Å². The Morgan fingerprint density at radius 1 is 1.32 bits per heavy atom. The second-order valence-electron chi connectivity index (χ2n) is 4.27. The van der Waals surface area contributed by atoms with Crippen molar-refractivity contribution in [1.29, 1.82) is 0 Å². The lowest BCUT2D eigenvalue weighted by molar-refractivity contribution is 0.0998. The second-order valence-corrected chi connectivity index (χ2v) is 4.27. The van der Waals surface area contributed by atoms with Crippen LogP contribution in [0.15, 0.2) is 18.6 Å². The average Bonchev–Trinajstić information content (AvgIpc) is 2.74. The molecule has 0 fully saturated rings. The van der Waals surface area contributed by atoms with Crippen LogP contribution in [0.25, 0.3) is 0 Å². The lowest BCUT2D eigenvalue weighted by Gasteiger charge is -2.06. The highest BCUT2D eigenvalue weighted by Crippen LogP contribution is 2.14. The van der Waals surface area contributed by atoms with Crippen LogP contribution < -0.4 is 5.73 Å². The zero-order valence-corrected chi connectivity index (χ0v) is 11.1. The summed E-state index contributed by atoms with van der Waals surface area (Å²) >= 11 is 0. The van der Waals surface area contributed by atoms with E-state index in [0.717, 1.165) is 11.1 Å². The van der Waals surface area contributed by atoms with Gasteiger partial charge < -0.3 is 5.73 Å². The van der Waals surface area contributed by atoms with Crippen molar-refractivity contribution < 1.29 is 4.79 Å². The summed E-state index contributed by atoms with van der Waals surface area (Å²) in [5.74, 6) is 5.50. The van der Waals surface area contributed by atoms with Gasteiger partial charge in [0.05, 0.1) is 23.0 Å². The van der Waals surface area contributed by atoms with Crippen LogP contribution in [0.4, 0.5) is 0 Å². The van der Waals surface area contributed by atoms with Crippen molar-refractivity contribution in [2.24, 2.45) is 12.8 Å². The minimum atomic E-state index is -0.479. The van der Waals surface area contributed by atoms with Gasteiger partial charge in [0, 0.05) is 25.0 Å². The first kappa shape index (κ1) is 12.8. The molecule has 96 valence electrons. The Morgan fingerprint density at radius 2 is 2.05 bits per heavy atom. The molecule has 0 aliphatic carbocycles. The quantitative estimate of drug-likeness (QED) is 0.769. The van der Waals surface area contributed by atoms with Crippen LogP contribution in [-0.4, -0.2) is 20.7 Å². The summed E-state index contributed by atoms with van der Waals surface area (Å²) in [5.41, 5.74) is 8.69. The number of aromatic nitrogens is 3. The average molecular weight is 254 g/mol. The first-order chi connectivity index (χ1) is 8.99. The van der Waals surface area contributed by atoms with Crippen LogP contribution in [0, 0.1) is 25.7 Å². The Morgan fingerprint density at radius 3 is 2.63 bits per heavy atom. The number of rotatable bonds is 1. The number of hydrogen-bond donors (Lipinski definition) is 1. The zero-order chi connectivity index (χ0) is 14.0. The molecule has 0 unspecified atom stereocenters. The molecule has 0 atom stereocenters. The molecule has 1 amide bonds. The van der Waals surface area contributed by atoms with Crippen molar-refractivity contribution in [2.45, 2.75) is 13.8 Å². The molecule has 2 heterocycles. The molecule has 2 rings (SSSR count). The van der Waals surface area contributed by atoms with Crippen LogP contribution in [0.1, 0.15) is 32.7 Å². The van der Waals surface area contributed by atoms with E-state index in [1.54, 1.807) is 24.0 Å². The molecule has 0 aromatic carbocycles. The van der Waals surface area contributed by atoms with E-state index in [-0.39, 0.29) is 0 Å². The van der Waals surface area contributed by atoms with Gasteiger partial charge >= 0.3 is 0 Å². The van der Waals surface area contributed by atoms with Gasteiger partial charge in [-0.05, 0) is 19.4 Å². The summed E-state index contributed by atoms with van der Waals surface area (Å²) in [7, 11) is 1.83. The van der Waals surface area contributed by atoms with Gasteiger partial charge in [0.2, 0.25) is 0 Å². The van der Waals surface area contributed by atoms with Gasteiger partial charge in [0.15, 0.2) is 0 Å². The van der Waals surface area contributed by atoms with E-state index in [4.69, 9.17) is 5.73 Å². The molecular formula is C14H14N4O. The number of primary amides is 1. The molecule has 0 aliphatic heterocycles. The monoisotopic (exact) mass is 254 g/mol. The predicted octanol–water partition coefficient (Wildman–Crippen LogP) is 0.931. The van der Waals surface area contributed by atoms with Crippen LogP contribution in [-0.2, 0) is 7.05 Å². The number of nitrogens with zero attached hydrogens (tertiary/aromatic N) is 3. The molecule has 0 spiro atoms. The summed E-state index contributed by atoms with van der Waals surface area (Å²) in [6, 6.07) is 0. The molecule has 0 saturated heterocycles. The Labute approximate surface area is 111 Å². The fraction of sp³-hybridized carbons (Fsp3) is 0.214. The van der Waals surface area contributed by atoms with Crippen LogP contribution in [0.5, 0.6) is 0 Å². The lowest BCUT2D eigenvalue weighted by atomic mass is 10.0. The zero-order valence-electron chi connectivity index (χ0n) is 11.1. The molecule has 0 aliphatic rings. The van der Waals surface area contributed by atoms with Gasteiger partial charge in [-0.3, -0.25) is 14.5 Å². The SMILES string of the molecule is Cc1ncc(C#Cc2cnn(C)c2)c(C)c1C(N)=O. The maximum atomic E-state index is 11.4. The van der Waals surface area contributed by atoms with Crippen LogP contribution in [0.2, 0.25) is 0 Å². The van der Waals surface area contributed by atoms with Crippen LogP contribution >= 0.6 is 0 Å². The molecule has 19 heavy (non-hydrogen) atoms. The maximum Gasteiger partial charge on any atom is 0.250 e. The third-order valence-electron chi connectivity index (χ3n) is 2.82. The minimum Gasteiger partial charge on any atom is -0.366 e. The van der Waals surface area contributed by atoms with Gasteiger partial charge in [0.25, 0.3) is 5.91 Å². The fourth-order valence-corrected chi connectivity index (χ4v) is 1.84. The third kappa shape index (κ3) is 2.63. The van der Waals surface area contributed by atoms with Gasteiger partial charge in [-0.25, -0.2) is 0 Å². The molecule has 2 N–H and O–H groups in total. The van der Waals surface area contributed by atoms with E-state index in [1.807, 2.05) is 20.2 Å². The van der Waals surface area contributed by atoms with Crippen molar-refractivity contribution >= 4 is 5.91 Å². The highest BCUT2D eigenvalue weighted by atomic mass is 16.1. The summed E-state index contributed by atoms with van der Waals surface area (Å²) < 4.78 is 1.68. The number of carbonyl (C=O) groups excluding carboxylic acids is 1. The van der Waals surface area contributed by atoms with E-state index >= 15 is 0 Å². The smallest absolute Gasteiger partial charge is 0.250 e. The van der Waals surface area contributed by atoms with Gasteiger partial charge in [-0.15, -0.1) is 0 Å². The van der Waals surface area contributed by atoms with E-state index in [0.29, 0.717) is 16.8 Å². The highest BCUT2D eigenvalue weighted by molar-refractivity contribution is 5.95. The minimum absolute atomic E-state index is 0.443. The molecule has 5 heteroatoms. The summed E-state index contributed by atoms with van der Waals surface area (Å²) in [4.78, 5) is 15.5. The largest absolute Gasteiger partial charge is 0.366 e. The van der Waals surface area contributed by atoms with E-state index < -0.39 is 5.91 Å². The molecule has 0 saturated carbocycles. The highest BCUT2D eigenvalue weighted by Gasteiger charge is 2.12. The topological polar surface area (TPSA) is 73.8 Å². The fourth-order valence-electron chi connectivity index (χ4n) is 1.84. The second kappa shape index (κ2) is 4.94. The Balaban J connectivity index is 2.45. The summed E-state index contributed by atoms with van der Waals surface area (Å²) in [5, 5.41) is 4.04. The number of pyridine rings is 1. The first-order valence-electron chi connectivity index (χ1n) is 5.75. The van der Waals surface area contributed by atoms with Gasteiger partial charge in [-0.2, -0.15) is 5.10 Å². The number of carbonyl (C=O) groups is 1.